The topological polar surface area (TPSA) is 51.1 Å². The fourth-order valence-corrected chi connectivity index (χ4v) is 2.45. The van der Waals surface area contributed by atoms with Gasteiger partial charge in [0.2, 0.25) is 5.91 Å². The van der Waals surface area contributed by atoms with E-state index < -0.39 is 0 Å². The van der Waals surface area contributed by atoms with Gasteiger partial charge < -0.3 is 9.88 Å². The third-order valence-electron chi connectivity index (χ3n) is 3.42. The fraction of sp³-hybridized carbons (Fsp3) is 0.571. The highest BCUT2D eigenvalue weighted by Gasteiger charge is 2.15. The summed E-state index contributed by atoms with van der Waals surface area (Å²) in [7, 11) is 0. The third kappa shape index (κ3) is 3.45. The van der Waals surface area contributed by atoms with Crippen molar-refractivity contribution in [3.05, 3.63) is 34.2 Å². The largest absolute Gasteiger partial charge is 0.352 e. The molecule has 0 bridgehead atoms. The average molecular weight is 248 g/mol. The van der Waals surface area contributed by atoms with Gasteiger partial charge in [-0.1, -0.05) is 25.3 Å². The van der Waals surface area contributed by atoms with Gasteiger partial charge in [-0.25, -0.2) is 0 Å². The maximum atomic E-state index is 11.9. The second-order valence-corrected chi connectivity index (χ2v) is 5.08. The van der Waals surface area contributed by atoms with Crippen molar-refractivity contribution in [3.8, 4) is 0 Å². The highest BCUT2D eigenvalue weighted by atomic mass is 16.2. The van der Waals surface area contributed by atoms with E-state index in [1.807, 2.05) is 6.92 Å². The van der Waals surface area contributed by atoms with Crippen LogP contribution in [0.2, 0.25) is 0 Å². The molecule has 1 saturated carbocycles. The van der Waals surface area contributed by atoms with Crippen molar-refractivity contribution in [2.75, 3.05) is 0 Å². The number of carbonyl (C=O) groups is 1. The molecule has 0 radical (unpaired) electrons. The Labute approximate surface area is 107 Å². The van der Waals surface area contributed by atoms with E-state index >= 15 is 0 Å². The first-order valence-corrected chi connectivity index (χ1v) is 6.61. The molecule has 0 spiro atoms. The van der Waals surface area contributed by atoms with E-state index in [1.54, 1.807) is 12.3 Å². The normalized spacial score (nSPS) is 16.5. The minimum Gasteiger partial charge on any atom is -0.352 e. The SMILES string of the molecule is Cc1ccc(=O)n(CC(=O)NC2CCCCC2)c1. The fourth-order valence-electron chi connectivity index (χ4n) is 2.45. The number of aryl methyl sites for hydroxylation is 1. The second kappa shape index (κ2) is 5.85. The van der Waals surface area contributed by atoms with Gasteiger partial charge in [0.1, 0.15) is 6.54 Å². The molecule has 1 aromatic heterocycles. The first-order valence-electron chi connectivity index (χ1n) is 6.61. The molecule has 0 saturated heterocycles. The van der Waals surface area contributed by atoms with Crippen molar-refractivity contribution in [1.29, 1.82) is 0 Å². The lowest BCUT2D eigenvalue weighted by molar-refractivity contribution is -0.122. The Morgan fingerprint density at radius 1 is 1.33 bits per heavy atom. The molecule has 1 aromatic rings. The summed E-state index contributed by atoms with van der Waals surface area (Å²) >= 11 is 0. The summed E-state index contributed by atoms with van der Waals surface area (Å²) in [5, 5.41) is 3.02. The van der Waals surface area contributed by atoms with E-state index in [9.17, 15) is 9.59 Å². The zero-order chi connectivity index (χ0) is 13.0. The molecule has 98 valence electrons. The number of nitrogens with zero attached hydrogens (tertiary/aromatic N) is 1. The molecule has 18 heavy (non-hydrogen) atoms. The molecule has 1 fully saturated rings. The van der Waals surface area contributed by atoms with E-state index in [2.05, 4.69) is 5.32 Å². The van der Waals surface area contributed by atoms with Gasteiger partial charge in [-0.15, -0.1) is 0 Å². The molecule has 0 aliphatic heterocycles. The van der Waals surface area contributed by atoms with Crippen LogP contribution in [0.25, 0.3) is 0 Å². The standard InChI is InChI=1S/C14H20N2O2/c1-11-7-8-14(18)16(9-11)10-13(17)15-12-5-3-2-4-6-12/h7-9,12H,2-6,10H2,1H3,(H,15,17). The van der Waals surface area contributed by atoms with Crippen LogP contribution in [0.5, 0.6) is 0 Å². The molecule has 1 heterocycles. The van der Waals surface area contributed by atoms with Crippen molar-refractivity contribution in [2.45, 2.75) is 51.6 Å². The molecule has 4 heteroatoms. The Balaban J connectivity index is 1.94. The van der Waals surface area contributed by atoms with Crippen LogP contribution in [-0.2, 0) is 11.3 Å². The van der Waals surface area contributed by atoms with Crippen molar-refractivity contribution in [1.82, 2.24) is 9.88 Å². The van der Waals surface area contributed by atoms with Gasteiger partial charge in [0.25, 0.3) is 5.56 Å². The molecule has 0 atom stereocenters. The molecule has 0 aromatic carbocycles. The molecule has 1 aliphatic carbocycles. The molecular formula is C14H20N2O2. The molecule has 1 aliphatic rings. The summed E-state index contributed by atoms with van der Waals surface area (Å²) in [5.74, 6) is -0.0606. The van der Waals surface area contributed by atoms with Gasteiger partial charge in [0, 0.05) is 18.3 Å². The Hall–Kier alpha value is -1.58. The van der Waals surface area contributed by atoms with Crippen molar-refractivity contribution >= 4 is 5.91 Å². The first kappa shape index (κ1) is 12.9. The average Bonchev–Trinajstić information content (AvgIpc) is 2.35. The Morgan fingerprint density at radius 3 is 2.78 bits per heavy atom. The maximum absolute atomic E-state index is 11.9. The first-order chi connectivity index (χ1) is 8.65. The van der Waals surface area contributed by atoms with Crippen LogP contribution in [0.15, 0.2) is 23.1 Å². The van der Waals surface area contributed by atoms with E-state index in [0.29, 0.717) is 6.04 Å². The molecule has 1 amide bonds. The van der Waals surface area contributed by atoms with Crippen LogP contribution in [-0.4, -0.2) is 16.5 Å². The third-order valence-corrected chi connectivity index (χ3v) is 3.42. The number of hydrogen-bond donors (Lipinski definition) is 1. The van der Waals surface area contributed by atoms with Crippen molar-refractivity contribution < 1.29 is 4.79 Å². The highest BCUT2D eigenvalue weighted by molar-refractivity contribution is 5.76. The second-order valence-electron chi connectivity index (χ2n) is 5.08. The summed E-state index contributed by atoms with van der Waals surface area (Å²) in [6.07, 6.45) is 7.50. The molecular weight excluding hydrogens is 228 g/mol. The number of carbonyl (C=O) groups excluding carboxylic acids is 1. The van der Waals surface area contributed by atoms with Gasteiger partial charge in [0.05, 0.1) is 0 Å². The summed E-state index contributed by atoms with van der Waals surface area (Å²) in [4.78, 5) is 23.5. The number of rotatable bonds is 3. The van der Waals surface area contributed by atoms with Gasteiger partial charge in [-0.05, 0) is 25.3 Å². The van der Waals surface area contributed by atoms with E-state index in [4.69, 9.17) is 0 Å². The summed E-state index contributed by atoms with van der Waals surface area (Å²) in [6.45, 7) is 2.03. The summed E-state index contributed by atoms with van der Waals surface area (Å²) < 4.78 is 1.47. The lowest BCUT2D eigenvalue weighted by Crippen LogP contribution is -2.39. The van der Waals surface area contributed by atoms with Crippen LogP contribution in [0.1, 0.15) is 37.7 Å². The number of amides is 1. The predicted octanol–water partition coefficient (Wildman–Crippen LogP) is 1.61. The maximum Gasteiger partial charge on any atom is 0.251 e. The number of nitrogens with one attached hydrogen (secondary N) is 1. The van der Waals surface area contributed by atoms with Crippen molar-refractivity contribution in [2.24, 2.45) is 0 Å². The summed E-state index contributed by atoms with van der Waals surface area (Å²) in [6, 6.07) is 3.56. The Kier molecular flexibility index (Phi) is 4.18. The smallest absolute Gasteiger partial charge is 0.251 e. The number of hydrogen-bond acceptors (Lipinski definition) is 2. The minimum absolute atomic E-state index is 0.0606. The molecule has 2 rings (SSSR count). The van der Waals surface area contributed by atoms with Gasteiger partial charge in [-0.3, -0.25) is 9.59 Å². The van der Waals surface area contributed by atoms with Crippen LogP contribution >= 0.6 is 0 Å². The number of pyridine rings is 1. The van der Waals surface area contributed by atoms with Crippen LogP contribution in [0.3, 0.4) is 0 Å². The van der Waals surface area contributed by atoms with Gasteiger partial charge >= 0.3 is 0 Å². The lowest BCUT2D eigenvalue weighted by atomic mass is 9.95. The van der Waals surface area contributed by atoms with E-state index in [1.165, 1.54) is 29.9 Å². The monoisotopic (exact) mass is 248 g/mol. The Bertz CT molecular complexity index is 473. The highest BCUT2D eigenvalue weighted by Crippen LogP contribution is 2.17. The molecule has 1 N–H and O–H groups in total. The van der Waals surface area contributed by atoms with Crippen LogP contribution in [0.4, 0.5) is 0 Å². The van der Waals surface area contributed by atoms with Gasteiger partial charge in [-0.2, -0.15) is 0 Å². The lowest BCUT2D eigenvalue weighted by Gasteiger charge is -2.22. The Morgan fingerprint density at radius 2 is 2.06 bits per heavy atom. The number of aromatic nitrogens is 1. The molecule has 4 nitrogen and oxygen atoms in total. The van der Waals surface area contributed by atoms with E-state index in [0.717, 1.165) is 18.4 Å². The zero-order valence-corrected chi connectivity index (χ0v) is 10.8. The quantitative estimate of drug-likeness (QED) is 0.883. The molecule has 0 unspecified atom stereocenters. The van der Waals surface area contributed by atoms with Crippen LogP contribution < -0.4 is 10.9 Å². The van der Waals surface area contributed by atoms with Crippen LogP contribution in [0, 0.1) is 6.92 Å². The van der Waals surface area contributed by atoms with Crippen molar-refractivity contribution in [3.63, 3.8) is 0 Å². The van der Waals surface area contributed by atoms with Gasteiger partial charge in [0.15, 0.2) is 0 Å². The zero-order valence-electron chi connectivity index (χ0n) is 10.8. The summed E-state index contributed by atoms with van der Waals surface area (Å²) in [5.41, 5.74) is 0.861. The predicted molar refractivity (Wildman–Crippen MR) is 70.5 cm³/mol. The van der Waals surface area contributed by atoms with E-state index in [-0.39, 0.29) is 18.0 Å². The minimum atomic E-state index is -0.126.